The molecule has 126 valence electrons. The van der Waals surface area contributed by atoms with E-state index < -0.39 is 8.80 Å². The largest absolute Gasteiger partial charge is 0.500 e. The van der Waals surface area contributed by atoms with Crippen molar-refractivity contribution in [1.82, 2.24) is 0 Å². The van der Waals surface area contributed by atoms with Crippen LogP contribution in [0.1, 0.15) is 40.5 Å². The third-order valence-corrected chi connectivity index (χ3v) is 6.62. The Hall–Kier alpha value is 0.0169. The Bertz CT molecular complexity index is 254. The highest BCUT2D eigenvalue weighted by Crippen LogP contribution is 2.26. The molecule has 1 heterocycles. The van der Waals surface area contributed by atoms with Crippen LogP contribution in [0.15, 0.2) is 0 Å². The summed E-state index contributed by atoms with van der Waals surface area (Å²) in [6, 6.07) is 0.867. The van der Waals surface area contributed by atoms with Crippen LogP contribution in [0.4, 0.5) is 0 Å². The molecule has 21 heavy (non-hydrogen) atoms. The van der Waals surface area contributed by atoms with Gasteiger partial charge in [0.2, 0.25) is 0 Å². The van der Waals surface area contributed by atoms with Crippen molar-refractivity contribution >= 4 is 8.80 Å². The van der Waals surface area contributed by atoms with Crippen LogP contribution in [0.25, 0.3) is 0 Å². The van der Waals surface area contributed by atoms with E-state index in [1.54, 1.807) is 0 Å². The summed E-state index contributed by atoms with van der Waals surface area (Å²) in [5.74, 6) is 0. The quantitative estimate of drug-likeness (QED) is 0.386. The SMILES string of the molecule is CCO[Si](CCCCOCC1(C)COC1)(OCC)OCC. The number of hydrogen-bond donors (Lipinski definition) is 0. The van der Waals surface area contributed by atoms with E-state index in [0.29, 0.717) is 19.8 Å². The Morgan fingerprint density at radius 1 is 0.952 bits per heavy atom. The van der Waals surface area contributed by atoms with Crippen LogP contribution >= 0.6 is 0 Å². The van der Waals surface area contributed by atoms with Crippen LogP contribution in [0, 0.1) is 5.41 Å². The van der Waals surface area contributed by atoms with Crippen molar-refractivity contribution in [2.75, 3.05) is 46.2 Å². The Labute approximate surface area is 130 Å². The van der Waals surface area contributed by atoms with Gasteiger partial charge in [-0.2, -0.15) is 0 Å². The number of unbranched alkanes of at least 4 members (excludes halogenated alkanes) is 1. The maximum Gasteiger partial charge on any atom is 0.500 e. The minimum atomic E-state index is -2.46. The van der Waals surface area contributed by atoms with Crippen molar-refractivity contribution in [3.05, 3.63) is 0 Å². The summed E-state index contributed by atoms with van der Waals surface area (Å²) < 4.78 is 28.5. The lowest BCUT2D eigenvalue weighted by atomic mass is 9.90. The molecule has 0 spiro atoms. The lowest BCUT2D eigenvalue weighted by molar-refractivity contribution is -0.137. The van der Waals surface area contributed by atoms with E-state index in [9.17, 15) is 0 Å². The molecule has 5 nitrogen and oxygen atoms in total. The van der Waals surface area contributed by atoms with Gasteiger partial charge in [-0.1, -0.05) is 6.92 Å². The Morgan fingerprint density at radius 3 is 1.95 bits per heavy atom. The summed E-state index contributed by atoms with van der Waals surface area (Å²) in [6.45, 7) is 13.3. The number of ether oxygens (including phenoxy) is 2. The average molecular weight is 321 g/mol. The first kappa shape index (κ1) is 19.1. The van der Waals surface area contributed by atoms with Crippen molar-refractivity contribution in [3.63, 3.8) is 0 Å². The maximum absolute atomic E-state index is 5.83. The standard InChI is InChI=1S/C15H32O5Si/c1-5-18-21(19-6-2,20-7-3)11-9-8-10-16-12-15(4)13-17-14-15/h5-14H2,1-4H3. The van der Waals surface area contributed by atoms with Gasteiger partial charge in [-0.25, -0.2) is 0 Å². The summed E-state index contributed by atoms with van der Waals surface area (Å²) >= 11 is 0. The molecule has 0 radical (unpaired) electrons. The van der Waals surface area contributed by atoms with Crippen molar-refractivity contribution in [1.29, 1.82) is 0 Å². The van der Waals surface area contributed by atoms with Gasteiger partial charge < -0.3 is 22.8 Å². The molecular formula is C15H32O5Si. The van der Waals surface area contributed by atoms with Crippen LogP contribution in [-0.4, -0.2) is 55.1 Å². The minimum Gasteiger partial charge on any atom is -0.381 e. The molecule has 0 aromatic rings. The summed E-state index contributed by atoms with van der Waals surface area (Å²) in [4.78, 5) is 0. The second kappa shape index (κ2) is 9.92. The first-order valence-electron chi connectivity index (χ1n) is 8.17. The van der Waals surface area contributed by atoms with Gasteiger partial charge in [0.1, 0.15) is 0 Å². The highest BCUT2D eigenvalue weighted by Gasteiger charge is 2.39. The molecule has 1 fully saturated rings. The van der Waals surface area contributed by atoms with Crippen LogP contribution in [-0.2, 0) is 22.8 Å². The Kier molecular flexibility index (Phi) is 9.00. The summed E-state index contributed by atoms with van der Waals surface area (Å²) in [6.07, 6.45) is 2.03. The monoisotopic (exact) mass is 320 g/mol. The predicted octanol–water partition coefficient (Wildman–Crippen LogP) is 2.87. The zero-order valence-corrected chi connectivity index (χ0v) is 15.1. The molecule has 0 aromatic carbocycles. The van der Waals surface area contributed by atoms with E-state index in [4.69, 9.17) is 22.8 Å². The van der Waals surface area contributed by atoms with Crippen molar-refractivity contribution in [2.24, 2.45) is 5.41 Å². The van der Waals surface area contributed by atoms with Gasteiger partial charge >= 0.3 is 8.80 Å². The topological polar surface area (TPSA) is 46.2 Å². The van der Waals surface area contributed by atoms with Gasteiger partial charge in [-0.05, 0) is 33.6 Å². The molecular weight excluding hydrogens is 288 g/mol. The fourth-order valence-corrected chi connectivity index (χ4v) is 5.08. The van der Waals surface area contributed by atoms with Gasteiger partial charge in [0.25, 0.3) is 0 Å². The summed E-state index contributed by atoms with van der Waals surface area (Å²) in [7, 11) is -2.46. The van der Waals surface area contributed by atoms with Crippen LogP contribution in [0.3, 0.4) is 0 Å². The zero-order chi connectivity index (χ0) is 15.6. The lowest BCUT2D eigenvalue weighted by Crippen LogP contribution is -2.46. The zero-order valence-electron chi connectivity index (χ0n) is 14.1. The molecule has 0 unspecified atom stereocenters. The molecule has 0 aromatic heterocycles. The van der Waals surface area contributed by atoms with E-state index in [1.807, 2.05) is 20.8 Å². The molecule has 0 aliphatic carbocycles. The molecule has 1 saturated heterocycles. The van der Waals surface area contributed by atoms with Crippen LogP contribution in [0.5, 0.6) is 0 Å². The highest BCUT2D eigenvalue weighted by molar-refractivity contribution is 6.60. The smallest absolute Gasteiger partial charge is 0.381 e. The average Bonchev–Trinajstić information content (AvgIpc) is 2.41. The van der Waals surface area contributed by atoms with E-state index >= 15 is 0 Å². The molecule has 0 saturated carbocycles. The molecule has 0 atom stereocenters. The van der Waals surface area contributed by atoms with Crippen molar-refractivity contribution in [2.45, 2.75) is 46.6 Å². The van der Waals surface area contributed by atoms with E-state index in [2.05, 4.69) is 6.92 Å². The summed E-state index contributed by atoms with van der Waals surface area (Å²) in [5.41, 5.74) is 0.237. The number of rotatable bonds is 13. The van der Waals surface area contributed by atoms with E-state index in [1.165, 1.54) is 0 Å². The summed E-state index contributed by atoms with van der Waals surface area (Å²) in [5, 5.41) is 0. The fraction of sp³-hybridized carbons (Fsp3) is 1.00. The molecule has 6 heteroatoms. The second-order valence-electron chi connectivity index (χ2n) is 5.80. The fourth-order valence-electron chi connectivity index (χ4n) is 2.40. The molecule has 1 aliphatic rings. The molecule has 0 N–H and O–H groups in total. The van der Waals surface area contributed by atoms with Gasteiger partial charge in [0, 0.05) is 37.9 Å². The lowest BCUT2D eigenvalue weighted by Gasteiger charge is -2.37. The van der Waals surface area contributed by atoms with E-state index in [0.717, 1.165) is 45.3 Å². The maximum atomic E-state index is 5.83. The first-order valence-corrected chi connectivity index (χ1v) is 10.1. The predicted molar refractivity (Wildman–Crippen MR) is 84.4 cm³/mol. The van der Waals surface area contributed by atoms with Gasteiger partial charge in [0.15, 0.2) is 0 Å². The second-order valence-corrected chi connectivity index (χ2v) is 8.53. The van der Waals surface area contributed by atoms with Crippen molar-refractivity contribution in [3.8, 4) is 0 Å². The van der Waals surface area contributed by atoms with Crippen LogP contribution < -0.4 is 0 Å². The molecule has 1 aliphatic heterocycles. The van der Waals surface area contributed by atoms with Crippen molar-refractivity contribution < 1.29 is 22.8 Å². The van der Waals surface area contributed by atoms with Gasteiger partial charge in [0.05, 0.1) is 19.8 Å². The van der Waals surface area contributed by atoms with Crippen LogP contribution in [0.2, 0.25) is 6.04 Å². The molecule has 1 rings (SSSR count). The van der Waals surface area contributed by atoms with Gasteiger partial charge in [-0.3, -0.25) is 0 Å². The third kappa shape index (κ3) is 6.75. The Morgan fingerprint density at radius 2 is 1.52 bits per heavy atom. The first-order chi connectivity index (χ1) is 10.1. The minimum absolute atomic E-state index is 0.237. The number of hydrogen-bond acceptors (Lipinski definition) is 5. The third-order valence-electron chi connectivity index (χ3n) is 3.47. The van der Waals surface area contributed by atoms with E-state index in [-0.39, 0.29) is 5.41 Å². The Balaban J connectivity index is 2.19. The highest BCUT2D eigenvalue weighted by atomic mass is 28.4. The normalized spacial score (nSPS) is 17.7. The molecule has 0 amide bonds. The molecule has 0 bridgehead atoms. The van der Waals surface area contributed by atoms with Gasteiger partial charge in [-0.15, -0.1) is 0 Å².